The number of carbonyl (C=O) groups is 1. The molecule has 0 saturated carbocycles. The van der Waals surface area contributed by atoms with E-state index in [0.717, 1.165) is 0 Å². The molecule has 1 aromatic rings. The van der Waals surface area contributed by atoms with Crippen LogP contribution in [0.25, 0.3) is 0 Å². The molecule has 0 aromatic heterocycles. The van der Waals surface area contributed by atoms with Crippen LogP contribution in [0.15, 0.2) is 12.1 Å². The predicted molar refractivity (Wildman–Crippen MR) is 78.2 cm³/mol. The number of aliphatic hydroxyl groups is 2. The number of alkyl carbamates (subject to hydrolysis) is 1. The second kappa shape index (κ2) is 7.49. The van der Waals surface area contributed by atoms with E-state index >= 15 is 0 Å². The highest BCUT2D eigenvalue weighted by Gasteiger charge is 2.29. The summed E-state index contributed by atoms with van der Waals surface area (Å²) in [5, 5.41) is 32.8. The number of benzene rings is 1. The summed E-state index contributed by atoms with van der Waals surface area (Å²) in [4.78, 5) is 21.3. The lowest BCUT2D eigenvalue weighted by atomic mass is 10.0. The highest BCUT2D eigenvalue weighted by atomic mass is 19.2. The lowest BCUT2D eigenvalue weighted by Gasteiger charge is -2.22. The zero-order valence-corrected chi connectivity index (χ0v) is 13.2. The van der Waals surface area contributed by atoms with Crippen LogP contribution < -0.4 is 5.32 Å². The van der Waals surface area contributed by atoms with Gasteiger partial charge in [0.15, 0.2) is 11.6 Å². The molecule has 0 radical (unpaired) electrons. The molecule has 0 heterocycles. The van der Waals surface area contributed by atoms with Gasteiger partial charge in [-0.2, -0.15) is 0 Å². The van der Waals surface area contributed by atoms with Gasteiger partial charge in [0, 0.05) is 6.54 Å². The largest absolute Gasteiger partial charge is 0.444 e. The Labute approximate surface area is 136 Å². The molecule has 1 amide bonds. The van der Waals surface area contributed by atoms with E-state index in [1.165, 1.54) is 0 Å². The predicted octanol–water partition coefficient (Wildman–Crippen LogP) is 1.79. The van der Waals surface area contributed by atoms with Gasteiger partial charge in [-0.3, -0.25) is 10.1 Å². The summed E-state index contributed by atoms with van der Waals surface area (Å²) in [6, 6.07) is 0.733. The number of hydrogen-bond donors (Lipinski definition) is 3. The molecule has 2 atom stereocenters. The van der Waals surface area contributed by atoms with Gasteiger partial charge >= 0.3 is 6.09 Å². The van der Waals surface area contributed by atoms with Gasteiger partial charge in [0.1, 0.15) is 17.8 Å². The van der Waals surface area contributed by atoms with E-state index in [1.807, 2.05) is 0 Å². The molecular formula is C14H18F2N2O6. The number of nitro groups is 1. The molecule has 0 spiro atoms. The summed E-state index contributed by atoms with van der Waals surface area (Å²) >= 11 is 0. The summed E-state index contributed by atoms with van der Waals surface area (Å²) in [5.41, 5.74) is -2.29. The number of halogens is 2. The number of nitrogens with one attached hydrogen (secondary N) is 1. The maximum atomic E-state index is 13.3. The van der Waals surface area contributed by atoms with Gasteiger partial charge in [-0.05, 0) is 26.8 Å². The van der Waals surface area contributed by atoms with Crippen LogP contribution >= 0.6 is 0 Å². The van der Waals surface area contributed by atoms with Crippen molar-refractivity contribution in [2.75, 3.05) is 6.54 Å². The van der Waals surface area contributed by atoms with Crippen molar-refractivity contribution in [1.29, 1.82) is 0 Å². The topological polar surface area (TPSA) is 122 Å². The minimum absolute atomic E-state index is 0.307. The lowest BCUT2D eigenvalue weighted by molar-refractivity contribution is -0.386. The third-order valence-electron chi connectivity index (χ3n) is 2.80. The fourth-order valence-corrected chi connectivity index (χ4v) is 1.77. The van der Waals surface area contributed by atoms with Gasteiger partial charge in [-0.15, -0.1) is 0 Å². The van der Waals surface area contributed by atoms with E-state index in [4.69, 9.17) is 4.74 Å². The van der Waals surface area contributed by atoms with Crippen molar-refractivity contribution < 1.29 is 33.4 Å². The fraction of sp³-hybridized carbons (Fsp3) is 0.500. The van der Waals surface area contributed by atoms with Crippen LogP contribution in [0.4, 0.5) is 19.3 Å². The molecule has 10 heteroatoms. The summed E-state index contributed by atoms with van der Waals surface area (Å²) in [5.74, 6) is -2.87. The first kappa shape index (κ1) is 19.7. The maximum Gasteiger partial charge on any atom is 0.407 e. The number of carbonyl (C=O) groups excluding carboxylic acids is 1. The van der Waals surface area contributed by atoms with Crippen LogP contribution in [-0.2, 0) is 4.74 Å². The third kappa shape index (κ3) is 5.39. The lowest BCUT2D eigenvalue weighted by Crippen LogP contribution is -2.39. The molecule has 24 heavy (non-hydrogen) atoms. The molecule has 0 saturated heterocycles. The monoisotopic (exact) mass is 348 g/mol. The van der Waals surface area contributed by atoms with Gasteiger partial charge < -0.3 is 20.3 Å². The number of nitro benzene ring substituents is 1. The Morgan fingerprint density at radius 3 is 2.38 bits per heavy atom. The summed E-state index contributed by atoms with van der Waals surface area (Å²) in [6.45, 7) is 4.32. The normalized spacial score (nSPS) is 14.0. The van der Waals surface area contributed by atoms with E-state index in [1.54, 1.807) is 20.8 Å². The summed E-state index contributed by atoms with van der Waals surface area (Å²) in [7, 11) is 0. The number of rotatable bonds is 5. The molecule has 1 rings (SSSR count). The zero-order chi connectivity index (χ0) is 18.7. The highest BCUT2D eigenvalue weighted by Crippen LogP contribution is 2.29. The quantitative estimate of drug-likeness (QED) is 0.551. The van der Waals surface area contributed by atoms with Crippen molar-refractivity contribution in [1.82, 2.24) is 5.32 Å². The first-order chi connectivity index (χ1) is 10.9. The van der Waals surface area contributed by atoms with E-state index in [2.05, 4.69) is 5.32 Å². The van der Waals surface area contributed by atoms with Gasteiger partial charge in [-0.1, -0.05) is 0 Å². The zero-order valence-electron chi connectivity index (χ0n) is 13.2. The SMILES string of the molecule is CC(C)(C)OC(=O)NCC(O)C(O)c1cc(F)c(F)cc1[N+](=O)[O-]. The molecular weight excluding hydrogens is 330 g/mol. The van der Waals surface area contributed by atoms with E-state index in [-0.39, 0.29) is 0 Å². The minimum Gasteiger partial charge on any atom is -0.444 e. The van der Waals surface area contributed by atoms with Crippen LogP contribution in [0, 0.1) is 21.7 Å². The molecule has 1 aromatic carbocycles. The molecule has 0 aliphatic rings. The van der Waals surface area contributed by atoms with Crippen molar-refractivity contribution in [3.05, 3.63) is 39.4 Å². The van der Waals surface area contributed by atoms with E-state index < -0.39 is 58.3 Å². The first-order valence-corrected chi connectivity index (χ1v) is 6.88. The minimum atomic E-state index is -1.92. The Balaban J connectivity index is 2.86. The Kier molecular flexibility index (Phi) is 6.16. The second-order valence-corrected chi connectivity index (χ2v) is 5.98. The number of amides is 1. The van der Waals surface area contributed by atoms with Crippen LogP contribution in [-0.4, -0.2) is 39.5 Å². The fourth-order valence-electron chi connectivity index (χ4n) is 1.77. The number of nitrogens with zero attached hydrogens (tertiary/aromatic N) is 1. The van der Waals surface area contributed by atoms with Crippen LogP contribution in [0.2, 0.25) is 0 Å². The Morgan fingerprint density at radius 1 is 1.33 bits per heavy atom. The van der Waals surface area contributed by atoms with E-state index in [0.29, 0.717) is 12.1 Å². The molecule has 2 unspecified atom stereocenters. The van der Waals surface area contributed by atoms with Crippen molar-refractivity contribution in [2.24, 2.45) is 0 Å². The third-order valence-corrected chi connectivity index (χ3v) is 2.80. The van der Waals surface area contributed by atoms with Gasteiger partial charge in [0.2, 0.25) is 0 Å². The Bertz CT molecular complexity index is 632. The van der Waals surface area contributed by atoms with E-state index in [9.17, 15) is 33.9 Å². The van der Waals surface area contributed by atoms with Crippen molar-refractivity contribution >= 4 is 11.8 Å². The number of ether oxygens (including phenoxy) is 1. The smallest absolute Gasteiger partial charge is 0.407 e. The van der Waals surface area contributed by atoms with Crippen LogP contribution in [0.5, 0.6) is 0 Å². The molecule has 0 aliphatic carbocycles. The van der Waals surface area contributed by atoms with Crippen LogP contribution in [0.1, 0.15) is 32.4 Å². The first-order valence-electron chi connectivity index (χ1n) is 6.88. The van der Waals surface area contributed by atoms with Gasteiger partial charge in [0.05, 0.1) is 16.6 Å². The van der Waals surface area contributed by atoms with Crippen molar-refractivity contribution in [3.8, 4) is 0 Å². The Morgan fingerprint density at radius 2 is 1.88 bits per heavy atom. The number of hydrogen-bond acceptors (Lipinski definition) is 6. The van der Waals surface area contributed by atoms with Crippen LogP contribution in [0.3, 0.4) is 0 Å². The summed E-state index contributed by atoms with van der Waals surface area (Å²) < 4.78 is 31.3. The van der Waals surface area contributed by atoms with Crippen molar-refractivity contribution in [2.45, 2.75) is 38.6 Å². The Hall–Kier alpha value is -2.33. The highest BCUT2D eigenvalue weighted by molar-refractivity contribution is 5.67. The average molecular weight is 348 g/mol. The van der Waals surface area contributed by atoms with Gasteiger partial charge in [0.25, 0.3) is 5.69 Å². The molecule has 0 bridgehead atoms. The molecule has 134 valence electrons. The summed E-state index contributed by atoms with van der Waals surface area (Å²) in [6.07, 6.45) is -4.51. The molecule has 3 N–H and O–H groups in total. The molecule has 0 fully saturated rings. The van der Waals surface area contributed by atoms with Gasteiger partial charge in [-0.25, -0.2) is 13.6 Å². The molecule has 8 nitrogen and oxygen atoms in total. The average Bonchev–Trinajstić information content (AvgIpc) is 2.44. The van der Waals surface area contributed by atoms with Crippen molar-refractivity contribution in [3.63, 3.8) is 0 Å². The number of aliphatic hydroxyl groups excluding tert-OH is 2. The molecule has 0 aliphatic heterocycles. The maximum absolute atomic E-state index is 13.3. The standard InChI is InChI=1S/C14H18F2N2O6/c1-14(2,3)24-13(21)17-6-11(19)12(20)7-4-8(15)9(16)5-10(7)18(22)23/h4-5,11-12,19-20H,6H2,1-3H3,(H,17,21). The second-order valence-electron chi connectivity index (χ2n) is 5.98.